The summed E-state index contributed by atoms with van der Waals surface area (Å²) >= 11 is 0. The minimum absolute atomic E-state index is 0.203. The van der Waals surface area contributed by atoms with Gasteiger partial charge < -0.3 is 15.4 Å². The van der Waals surface area contributed by atoms with Crippen LogP contribution in [0.4, 0.5) is 11.4 Å². The molecule has 8 nitrogen and oxygen atoms in total. The van der Waals surface area contributed by atoms with Gasteiger partial charge in [-0.1, -0.05) is 36.4 Å². The fraction of sp³-hybridized carbons (Fsp3) is 0.0833. The molecule has 0 heterocycles. The largest absolute Gasteiger partial charge is 0.497 e. The molecule has 3 aromatic rings. The van der Waals surface area contributed by atoms with Crippen LogP contribution in [0.25, 0.3) is 0 Å². The molecule has 0 radical (unpaired) electrons. The monoisotopic (exact) mass is 430 g/mol. The van der Waals surface area contributed by atoms with Crippen molar-refractivity contribution in [3.05, 3.63) is 89.5 Å². The molecule has 3 amide bonds. The van der Waals surface area contributed by atoms with E-state index in [1.54, 1.807) is 55.6 Å². The number of nitrogens with one attached hydrogen (secondary N) is 3. The van der Waals surface area contributed by atoms with E-state index in [9.17, 15) is 14.4 Å². The minimum atomic E-state index is -0.974. The van der Waals surface area contributed by atoms with Gasteiger partial charge in [0.1, 0.15) is 5.75 Å². The molecule has 0 atom stereocenters. The lowest BCUT2D eigenvalue weighted by molar-refractivity contribution is -0.136. The van der Waals surface area contributed by atoms with E-state index in [-0.39, 0.29) is 11.3 Å². The highest BCUT2D eigenvalue weighted by atomic mass is 16.5. The molecule has 0 aromatic heterocycles. The number of para-hydroxylation sites is 1. The first-order chi connectivity index (χ1) is 15.5. The zero-order chi connectivity index (χ0) is 22.9. The molecule has 0 aliphatic carbocycles. The van der Waals surface area contributed by atoms with E-state index in [1.165, 1.54) is 12.3 Å². The van der Waals surface area contributed by atoms with Crippen LogP contribution in [0.2, 0.25) is 0 Å². The fourth-order valence-electron chi connectivity index (χ4n) is 2.83. The lowest BCUT2D eigenvalue weighted by Crippen LogP contribution is -2.33. The Hall–Kier alpha value is -4.46. The molecule has 0 saturated heterocycles. The molecule has 0 spiro atoms. The first-order valence-electron chi connectivity index (χ1n) is 9.72. The standard InChI is InChI=1S/C24H22N4O4/c1-16-7-5-9-18(13-16)26-22(29)20-11-3-4-12-21(20)27-23(30)24(31)28-25-15-17-8-6-10-19(14-17)32-2/h3-15H,1-2H3,(H,26,29)(H,27,30)(H,28,31)/b25-15-. The van der Waals surface area contributed by atoms with E-state index in [1.807, 2.05) is 25.1 Å². The summed E-state index contributed by atoms with van der Waals surface area (Å²) in [5, 5.41) is 9.01. The van der Waals surface area contributed by atoms with Crippen molar-refractivity contribution in [3.63, 3.8) is 0 Å². The number of amides is 3. The third-order valence-corrected chi connectivity index (χ3v) is 4.38. The average molecular weight is 430 g/mol. The minimum Gasteiger partial charge on any atom is -0.497 e. The van der Waals surface area contributed by atoms with Gasteiger partial charge in [0.25, 0.3) is 5.91 Å². The van der Waals surface area contributed by atoms with Crippen LogP contribution in [-0.4, -0.2) is 31.0 Å². The van der Waals surface area contributed by atoms with Crippen LogP contribution in [-0.2, 0) is 9.59 Å². The van der Waals surface area contributed by atoms with Crippen LogP contribution < -0.4 is 20.8 Å². The molecule has 3 rings (SSSR count). The third kappa shape index (κ3) is 6.02. The highest BCUT2D eigenvalue weighted by Gasteiger charge is 2.17. The predicted molar refractivity (Wildman–Crippen MR) is 123 cm³/mol. The fourth-order valence-corrected chi connectivity index (χ4v) is 2.83. The highest BCUT2D eigenvalue weighted by Crippen LogP contribution is 2.18. The Bertz CT molecular complexity index is 1170. The van der Waals surface area contributed by atoms with Crippen molar-refractivity contribution in [2.45, 2.75) is 6.92 Å². The average Bonchev–Trinajstić information content (AvgIpc) is 2.79. The van der Waals surface area contributed by atoms with Gasteiger partial charge in [0, 0.05) is 5.69 Å². The van der Waals surface area contributed by atoms with E-state index in [0.717, 1.165) is 5.56 Å². The number of methoxy groups -OCH3 is 1. The maximum absolute atomic E-state index is 12.7. The lowest BCUT2D eigenvalue weighted by atomic mass is 10.1. The third-order valence-electron chi connectivity index (χ3n) is 4.38. The van der Waals surface area contributed by atoms with Gasteiger partial charge in [0.15, 0.2) is 0 Å². The number of carbonyl (C=O) groups excluding carboxylic acids is 3. The summed E-state index contributed by atoms with van der Waals surface area (Å²) in [5.41, 5.74) is 4.89. The van der Waals surface area contributed by atoms with Crippen molar-refractivity contribution >= 4 is 35.3 Å². The van der Waals surface area contributed by atoms with E-state index in [2.05, 4.69) is 21.2 Å². The van der Waals surface area contributed by atoms with Gasteiger partial charge >= 0.3 is 11.8 Å². The number of hydrazone groups is 1. The summed E-state index contributed by atoms with van der Waals surface area (Å²) in [6, 6.07) is 20.8. The number of aryl methyl sites for hydroxylation is 1. The molecule has 0 unspecified atom stereocenters. The Kier molecular flexibility index (Phi) is 7.32. The van der Waals surface area contributed by atoms with Crippen LogP contribution in [0.5, 0.6) is 5.75 Å². The molecular formula is C24H22N4O4. The van der Waals surface area contributed by atoms with Gasteiger partial charge in [-0.2, -0.15) is 5.10 Å². The number of benzene rings is 3. The van der Waals surface area contributed by atoms with E-state index in [0.29, 0.717) is 17.0 Å². The molecule has 162 valence electrons. The Morgan fingerprint density at radius 2 is 1.66 bits per heavy atom. The topological polar surface area (TPSA) is 109 Å². The van der Waals surface area contributed by atoms with Crippen LogP contribution in [0, 0.1) is 6.92 Å². The van der Waals surface area contributed by atoms with Crippen molar-refractivity contribution in [3.8, 4) is 5.75 Å². The predicted octanol–water partition coefficient (Wildman–Crippen LogP) is 3.34. The van der Waals surface area contributed by atoms with E-state index < -0.39 is 17.7 Å². The summed E-state index contributed by atoms with van der Waals surface area (Å²) < 4.78 is 5.11. The summed E-state index contributed by atoms with van der Waals surface area (Å²) in [7, 11) is 1.54. The second kappa shape index (κ2) is 10.5. The zero-order valence-corrected chi connectivity index (χ0v) is 17.6. The SMILES string of the molecule is COc1cccc(/C=N\NC(=O)C(=O)Nc2ccccc2C(=O)Nc2cccc(C)c2)c1. The molecule has 8 heteroatoms. The number of nitrogens with zero attached hydrogens (tertiary/aromatic N) is 1. The van der Waals surface area contributed by atoms with Crippen molar-refractivity contribution in [2.75, 3.05) is 17.7 Å². The first-order valence-corrected chi connectivity index (χ1v) is 9.72. The van der Waals surface area contributed by atoms with E-state index >= 15 is 0 Å². The maximum Gasteiger partial charge on any atom is 0.329 e. The Balaban J connectivity index is 1.63. The highest BCUT2D eigenvalue weighted by molar-refractivity contribution is 6.40. The van der Waals surface area contributed by atoms with Crippen molar-refractivity contribution in [1.29, 1.82) is 0 Å². The zero-order valence-electron chi connectivity index (χ0n) is 17.6. The second-order valence-electron chi connectivity index (χ2n) is 6.80. The van der Waals surface area contributed by atoms with Crippen molar-refractivity contribution < 1.29 is 19.1 Å². The normalized spacial score (nSPS) is 10.4. The Morgan fingerprint density at radius 3 is 2.44 bits per heavy atom. The molecule has 0 bridgehead atoms. The number of rotatable bonds is 6. The van der Waals surface area contributed by atoms with Gasteiger partial charge in [-0.15, -0.1) is 0 Å². The van der Waals surface area contributed by atoms with Gasteiger partial charge in [0.05, 0.1) is 24.6 Å². The van der Waals surface area contributed by atoms with Crippen LogP contribution in [0.15, 0.2) is 77.9 Å². The molecule has 0 aliphatic heterocycles. The number of hydrogen-bond donors (Lipinski definition) is 3. The Morgan fingerprint density at radius 1 is 0.875 bits per heavy atom. The van der Waals surface area contributed by atoms with Crippen molar-refractivity contribution in [1.82, 2.24) is 5.43 Å². The van der Waals surface area contributed by atoms with Gasteiger partial charge in [-0.3, -0.25) is 14.4 Å². The molecule has 3 N–H and O–H groups in total. The quantitative estimate of drug-likeness (QED) is 0.317. The number of ether oxygens (including phenoxy) is 1. The number of anilines is 2. The lowest BCUT2D eigenvalue weighted by Gasteiger charge is -2.11. The summed E-state index contributed by atoms with van der Waals surface area (Å²) in [5.74, 6) is -1.71. The van der Waals surface area contributed by atoms with Gasteiger partial charge in [-0.25, -0.2) is 5.43 Å². The van der Waals surface area contributed by atoms with Crippen LogP contribution in [0.3, 0.4) is 0 Å². The summed E-state index contributed by atoms with van der Waals surface area (Å²) in [6.07, 6.45) is 1.39. The molecule has 32 heavy (non-hydrogen) atoms. The molecule has 0 saturated carbocycles. The molecule has 3 aromatic carbocycles. The van der Waals surface area contributed by atoms with Gasteiger partial charge in [-0.05, 0) is 54.4 Å². The van der Waals surface area contributed by atoms with Crippen LogP contribution in [0.1, 0.15) is 21.5 Å². The maximum atomic E-state index is 12.7. The molecular weight excluding hydrogens is 408 g/mol. The Labute approximate surface area is 185 Å². The second-order valence-corrected chi connectivity index (χ2v) is 6.80. The number of carbonyl (C=O) groups is 3. The number of hydrogen-bond acceptors (Lipinski definition) is 5. The summed E-state index contributed by atoms with van der Waals surface area (Å²) in [6.45, 7) is 1.92. The molecule has 0 aliphatic rings. The first kappa shape index (κ1) is 22.2. The van der Waals surface area contributed by atoms with Crippen molar-refractivity contribution in [2.24, 2.45) is 5.10 Å². The molecule has 0 fully saturated rings. The van der Waals surface area contributed by atoms with Gasteiger partial charge in [0.2, 0.25) is 0 Å². The van der Waals surface area contributed by atoms with Crippen LogP contribution >= 0.6 is 0 Å². The smallest absolute Gasteiger partial charge is 0.329 e. The summed E-state index contributed by atoms with van der Waals surface area (Å²) in [4.78, 5) is 37.1. The van der Waals surface area contributed by atoms with E-state index in [4.69, 9.17) is 4.74 Å².